The van der Waals surface area contributed by atoms with Crippen LogP contribution >= 0.6 is 0 Å². The Morgan fingerprint density at radius 2 is 0.814 bits per heavy atom. The van der Waals surface area contributed by atoms with Gasteiger partial charge in [-0.25, -0.2) is 0 Å². The number of aliphatic hydroxyl groups excluding tert-OH is 4. The van der Waals surface area contributed by atoms with Crippen LogP contribution in [0.25, 0.3) is 81.9 Å². The molecule has 9 aromatic rings. The summed E-state index contributed by atoms with van der Waals surface area (Å²) in [6.45, 7) is 0. The first-order chi connectivity index (χ1) is 32.8. The lowest BCUT2D eigenvalue weighted by atomic mass is 9.65. The van der Waals surface area contributed by atoms with Crippen molar-refractivity contribution >= 4 is 172 Å². The predicted octanol–water partition coefficient (Wildman–Crippen LogP) is -6.56. The number of hydrogen-bond donors (Lipinski definition) is 17. The predicted molar refractivity (Wildman–Crippen MR) is 279 cm³/mol. The minimum absolute atomic E-state index is 0.0722. The van der Waals surface area contributed by atoms with Crippen LogP contribution in [0.5, 0.6) is 74.7 Å². The minimum Gasteiger partial charge on any atom is -0.508 e. The van der Waals surface area contributed by atoms with Crippen molar-refractivity contribution in [3.8, 4) is 85.9 Å². The number of benzene rings is 7. The zero-order chi connectivity index (χ0) is 51.2. The van der Waals surface area contributed by atoms with E-state index in [1.807, 2.05) is 0 Å². The largest absolute Gasteiger partial charge is 0.508 e. The number of phenols is 13. The molecule has 0 saturated carbocycles. The van der Waals surface area contributed by atoms with Gasteiger partial charge in [0.2, 0.25) is 22.8 Å². The van der Waals surface area contributed by atoms with Crippen molar-refractivity contribution in [3.05, 3.63) is 28.3 Å². The van der Waals surface area contributed by atoms with E-state index in [1.165, 1.54) is 23.5 Å². The van der Waals surface area contributed by atoms with Crippen molar-refractivity contribution in [2.24, 2.45) is 0 Å². The number of aromatic hydroxyl groups is 13. The zero-order valence-corrected chi connectivity index (χ0v) is 38.0. The van der Waals surface area contributed by atoms with E-state index in [-0.39, 0.29) is 60.2 Å². The number of aliphatic hydroxyl groups is 4. The van der Waals surface area contributed by atoms with E-state index in [4.69, 9.17) is 9.15 Å². The average Bonchev–Trinajstić information content (AvgIpc) is 3.59. The Balaban J connectivity index is 1.49. The minimum atomic E-state index is -2.21. The van der Waals surface area contributed by atoms with Gasteiger partial charge in [0.15, 0.2) is 63.3 Å². The molecular weight excluding hydrogens is 909 g/mol. The Kier molecular flexibility index (Phi) is 9.22. The van der Waals surface area contributed by atoms with E-state index in [9.17, 15) is 86.8 Å². The number of rotatable bonds is 2. The number of aromatic nitrogens is 1. The van der Waals surface area contributed by atoms with Gasteiger partial charge in [-0.1, -0.05) is 27.3 Å². The molecule has 20 nitrogen and oxygen atoms in total. The fraction of sp³-hybridized carbons (Fsp3) is 0.0476. The molecule has 346 valence electrons. The second-order valence-corrected chi connectivity index (χ2v) is 18.0. The maximum Gasteiger partial charge on any atom is 0.251 e. The van der Waals surface area contributed by atoms with Crippen molar-refractivity contribution < 1.29 is 96.0 Å². The summed E-state index contributed by atoms with van der Waals surface area (Å²) >= 11 is 0. The first-order valence-corrected chi connectivity index (χ1v) is 21.3. The summed E-state index contributed by atoms with van der Waals surface area (Å²) in [5.74, 6) is -17.9. The van der Waals surface area contributed by atoms with E-state index in [1.54, 1.807) is 31.4 Å². The molecule has 2 aromatic heterocycles. The number of nitrogens with zero attached hydrogens (tertiary/aromatic N) is 1. The van der Waals surface area contributed by atoms with Crippen molar-refractivity contribution in [2.75, 3.05) is 0 Å². The summed E-state index contributed by atoms with van der Waals surface area (Å²) < 4.78 is 12.1. The SMILES string of the molecule is BC1=C(O)C(O)=C(O)C(O)C1c1c(O)c(O)c2c3c(O)c(O)c(O)c(O)c3n3c4c(O)c(-c5c(B)c(O)c6c7c(B)c(O)c(O)c(B)c7c7c(O)c(B)c(B)c(B)c7c6c5B)c(O)c(O)c4ooc1c23. The van der Waals surface area contributed by atoms with Crippen LogP contribution < -0.4 is 38.2 Å². The number of phenolic OH excluding ortho intramolecular Hbond substituents is 13. The lowest BCUT2D eigenvalue weighted by molar-refractivity contribution is 0.0853. The second-order valence-electron chi connectivity index (χ2n) is 18.0. The highest BCUT2D eigenvalue weighted by Gasteiger charge is 2.43. The molecule has 0 radical (unpaired) electrons. The van der Waals surface area contributed by atoms with Gasteiger partial charge in [-0.2, -0.15) is 0 Å². The van der Waals surface area contributed by atoms with Crippen molar-refractivity contribution in [2.45, 2.75) is 12.0 Å². The van der Waals surface area contributed by atoms with Gasteiger partial charge in [-0.15, -0.1) is 0 Å². The smallest absolute Gasteiger partial charge is 0.251 e. The molecule has 0 saturated heterocycles. The fourth-order valence-electron chi connectivity index (χ4n) is 10.9. The third-order valence-corrected chi connectivity index (χ3v) is 14.7. The van der Waals surface area contributed by atoms with Crippen molar-refractivity contribution in [1.29, 1.82) is 0 Å². The Morgan fingerprint density at radius 1 is 0.329 bits per heavy atom. The summed E-state index contributed by atoms with van der Waals surface area (Å²) in [5, 5.41) is 196. The summed E-state index contributed by atoms with van der Waals surface area (Å²) in [4.78, 5) is 0. The molecule has 0 aliphatic heterocycles. The molecule has 7 aromatic carbocycles. The van der Waals surface area contributed by atoms with Crippen LogP contribution in [0.1, 0.15) is 11.5 Å². The summed E-state index contributed by atoms with van der Waals surface area (Å²) in [7, 11) is 12.3. The molecule has 70 heavy (non-hydrogen) atoms. The molecule has 0 fully saturated rings. The summed E-state index contributed by atoms with van der Waals surface area (Å²) in [6, 6.07) is 0. The van der Waals surface area contributed by atoms with Gasteiger partial charge in [0.1, 0.15) is 96.9 Å². The first-order valence-electron chi connectivity index (χ1n) is 21.3. The molecule has 2 atom stereocenters. The van der Waals surface area contributed by atoms with E-state index in [0.29, 0.717) is 27.2 Å². The van der Waals surface area contributed by atoms with Gasteiger partial charge in [0.25, 0.3) is 5.58 Å². The van der Waals surface area contributed by atoms with E-state index in [2.05, 4.69) is 0 Å². The number of hydrogen-bond acceptors (Lipinski definition) is 19. The van der Waals surface area contributed by atoms with Gasteiger partial charge in [-0.3, -0.25) is 13.6 Å². The maximum absolute atomic E-state index is 12.9. The molecule has 17 N–H and O–H groups in total. The maximum atomic E-state index is 12.9. The Morgan fingerprint density at radius 3 is 1.40 bits per heavy atom. The van der Waals surface area contributed by atoms with Gasteiger partial charge in [-0.05, 0) is 43.5 Å². The molecule has 1 aliphatic rings. The standard InChI is InChI=1S/C42H35B8NO19/c43-13-1-2-6(25(53)20(50)19(49)14(2)44)4-3(15(45)32(60)33(61)16(4)46)5(1)24(52)17(47)7(13)11-26(54)23-42(40(68)30(11)58)70-69-41-12(8-18(48)34(62)38(66)36(64)27(8)55)31(59)28(56)10-9-21(51(23)22(10)41)35(63)39(67)37(65)29(9)57/h8,27,52-68H,43-50H2. The molecule has 2 heterocycles. The third-order valence-electron chi connectivity index (χ3n) is 14.7. The zero-order valence-electron chi connectivity index (χ0n) is 38.0. The summed E-state index contributed by atoms with van der Waals surface area (Å²) in [5.41, 5.74) is -3.86. The van der Waals surface area contributed by atoms with Gasteiger partial charge in [0.05, 0.1) is 21.9 Å². The highest BCUT2D eigenvalue weighted by Crippen LogP contribution is 2.60. The molecule has 1 aliphatic carbocycles. The molecular formula is C42H35B8NO19. The molecule has 0 amide bonds. The third kappa shape index (κ3) is 5.06. The molecule has 0 spiro atoms. The fourth-order valence-corrected chi connectivity index (χ4v) is 10.9. The van der Waals surface area contributed by atoms with Gasteiger partial charge >= 0.3 is 0 Å². The van der Waals surface area contributed by atoms with Crippen LogP contribution in [0, 0.1) is 0 Å². The second kappa shape index (κ2) is 14.3. The van der Waals surface area contributed by atoms with Crippen LogP contribution in [0.2, 0.25) is 0 Å². The molecule has 28 heteroatoms. The summed E-state index contributed by atoms with van der Waals surface area (Å²) in [6.07, 6.45) is -2.21. The topological polar surface area (TPSA) is 375 Å². The van der Waals surface area contributed by atoms with E-state index in [0.717, 1.165) is 12.2 Å². The van der Waals surface area contributed by atoms with Crippen LogP contribution in [0.4, 0.5) is 0 Å². The van der Waals surface area contributed by atoms with Gasteiger partial charge < -0.3 is 86.8 Å². The highest BCUT2D eigenvalue weighted by atomic mass is 17.0. The average molecular weight is 944 g/mol. The quantitative estimate of drug-likeness (QED) is 0.0252. The molecule has 0 bridgehead atoms. The van der Waals surface area contributed by atoms with Gasteiger partial charge in [0, 0.05) is 16.7 Å². The Bertz CT molecular complexity index is 4110. The van der Waals surface area contributed by atoms with E-state index >= 15 is 0 Å². The molecule has 2 unspecified atom stereocenters. The van der Waals surface area contributed by atoms with Crippen LogP contribution in [0.15, 0.2) is 31.9 Å². The van der Waals surface area contributed by atoms with Crippen molar-refractivity contribution in [3.63, 3.8) is 0 Å². The lowest BCUT2D eigenvalue weighted by Gasteiger charge is -2.29. The lowest BCUT2D eigenvalue weighted by Crippen LogP contribution is -2.40. The monoisotopic (exact) mass is 945 g/mol. The Hall–Kier alpha value is -8.52. The highest BCUT2D eigenvalue weighted by molar-refractivity contribution is 6.66. The number of fused-ring (bicyclic) bond motifs is 11. The normalized spacial score (nSPS) is 15.6. The van der Waals surface area contributed by atoms with Crippen LogP contribution in [0.3, 0.4) is 0 Å². The van der Waals surface area contributed by atoms with E-state index < -0.39 is 148 Å². The molecule has 10 rings (SSSR count). The van der Waals surface area contributed by atoms with Crippen molar-refractivity contribution in [1.82, 2.24) is 4.40 Å². The van der Waals surface area contributed by atoms with Crippen LogP contribution in [-0.2, 0) is 0 Å². The first kappa shape index (κ1) is 45.3. The Labute approximate surface area is 397 Å². The van der Waals surface area contributed by atoms with Crippen LogP contribution in [-0.4, -0.2) is 160 Å².